The van der Waals surface area contributed by atoms with Crippen molar-refractivity contribution in [1.82, 2.24) is 9.97 Å². The van der Waals surface area contributed by atoms with Crippen LogP contribution < -0.4 is 5.32 Å². The molecule has 3 rings (SSSR count). The molecule has 0 spiro atoms. The molecular weight excluding hydrogens is 327 g/mol. The van der Waals surface area contributed by atoms with Crippen LogP contribution in [0.25, 0.3) is 17.1 Å². The van der Waals surface area contributed by atoms with Crippen molar-refractivity contribution in [2.24, 2.45) is 0 Å². The number of anilines is 1. The monoisotopic (exact) mass is 338 g/mol. The Labute approximate surface area is 141 Å². The number of hydrogen-bond donors (Lipinski definition) is 1. The number of rotatable bonds is 4. The van der Waals surface area contributed by atoms with Crippen molar-refractivity contribution >= 4 is 34.4 Å². The second-order valence-corrected chi connectivity index (χ2v) is 5.03. The second kappa shape index (κ2) is 6.83. The van der Waals surface area contributed by atoms with Crippen LogP contribution in [0.4, 0.5) is 15.8 Å². The maximum atomic E-state index is 13.3. The fourth-order valence-electron chi connectivity index (χ4n) is 2.13. The van der Waals surface area contributed by atoms with Gasteiger partial charge in [-0.05, 0) is 30.3 Å². The second-order valence-electron chi connectivity index (χ2n) is 5.03. The van der Waals surface area contributed by atoms with Crippen LogP contribution in [0.3, 0.4) is 0 Å². The van der Waals surface area contributed by atoms with Gasteiger partial charge in [0.15, 0.2) is 0 Å². The Kier molecular flexibility index (Phi) is 4.42. The minimum Gasteiger partial charge on any atom is -0.322 e. The van der Waals surface area contributed by atoms with Gasteiger partial charge in [-0.3, -0.25) is 19.9 Å². The summed E-state index contributed by atoms with van der Waals surface area (Å²) >= 11 is 0. The van der Waals surface area contributed by atoms with Gasteiger partial charge >= 0.3 is 5.69 Å². The van der Waals surface area contributed by atoms with E-state index in [9.17, 15) is 19.3 Å². The first-order valence-corrected chi connectivity index (χ1v) is 7.18. The molecule has 0 saturated carbocycles. The molecule has 1 N–H and O–H groups in total. The summed E-state index contributed by atoms with van der Waals surface area (Å²) in [6.07, 6.45) is 4.20. The average Bonchev–Trinajstić information content (AvgIpc) is 2.61. The Morgan fingerprint density at radius 1 is 1.20 bits per heavy atom. The highest BCUT2D eigenvalue weighted by Crippen LogP contribution is 2.21. The Bertz CT molecular complexity index is 1000. The fourth-order valence-corrected chi connectivity index (χ4v) is 2.13. The topological polar surface area (TPSA) is 98.0 Å². The summed E-state index contributed by atoms with van der Waals surface area (Å²) in [5, 5.41) is 13.1. The van der Waals surface area contributed by atoms with Crippen molar-refractivity contribution in [2.45, 2.75) is 0 Å². The van der Waals surface area contributed by atoms with Gasteiger partial charge in [0.05, 0.1) is 27.8 Å². The minimum atomic E-state index is -0.968. The van der Waals surface area contributed by atoms with E-state index in [1.807, 2.05) is 18.2 Å². The lowest BCUT2D eigenvalue weighted by atomic mass is 10.2. The third-order valence-electron chi connectivity index (χ3n) is 3.28. The molecule has 0 aliphatic carbocycles. The summed E-state index contributed by atoms with van der Waals surface area (Å²) < 4.78 is 13.3. The van der Waals surface area contributed by atoms with Gasteiger partial charge in [-0.15, -0.1) is 0 Å². The molecule has 0 fully saturated rings. The van der Waals surface area contributed by atoms with Gasteiger partial charge in [0, 0.05) is 17.8 Å². The zero-order chi connectivity index (χ0) is 17.8. The van der Waals surface area contributed by atoms with Crippen LogP contribution >= 0.6 is 0 Å². The highest BCUT2D eigenvalue weighted by Gasteiger charge is 2.14. The van der Waals surface area contributed by atoms with Crippen molar-refractivity contribution in [3.8, 4) is 0 Å². The first-order valence-electron chi connectivity index (χ1n) is 7.18. The summed E-state index contributed by atoms with van der Waals surface area (Å²) in [5.74, 6) is -1.50. The number of carbonyl (C=O) groups is 1. The summed E-state index contributed by atoms with van der Waals surface area (Å²) in [6, 6.07) is 10.4. The molecule has 8 heteroatoms. The smallest absolute Gasteiger partial charge is 0.306 e. The number of benzene rings is 2. The Morgan fingerprint density at radius 3 is 2.72 bits per heavy atom. The van der Waals surface area contributed by atoms with Crippen molar-refractivity contribution in [2.75, 3.05) is 5.32 Å². The summed E-state index contributed by atoms with van der Waals surface area (Å²) in [7, 11) is 0. The summed E-state index contributed by atoms with van der Waals surface area (Å²) in [5.41, 5.74) is 1.33. The van der Waals surface area contributed by atoms with Gasteiger partial charge in [-0.2, -0.15) is 4.39 Å². The molecule has 25 heavy (non-hydrogen) atoms. The van der Waals surface area contributed by atoms with E-state index in [-0.39, 0.29) is 5.69 Å². The van der Waals surface area contributed by atoms with Gasteiger partial charge < -0.3 is 5.32 Å². The molecule has 0 atom stereocenters. The van der Waals surface area contributed by atoms with Crippen LogP contribution in [-0.2, 0) is 4.79 Å². The number of para-hydroxylation sites is 2. The maximum Gasteiger partial charge on any atom is 0.306 e. The molecule has 2 aromatic carbocycles. The highest BCUT2D eigenvalue weighted by atomic mass is 19.1. The van der Waals surface area contributed by atoms with Gasteiger partial charge in [0.2, 0.25) is 11.7 Å². The number of nitrogens with one attached hydrogen (secondary N) is 1. The van der Waals surface area contributed by atoms with Crippen LogP contribution in [0.5, 0.6) is 0 Å². The SMILES string of the molecule is O=C(/C=C/c1cnc2ccccc2n1)Nc1ccc(F)c([N+](=O)[O-])c1. The Balaban J connectivity index is 1.74. The van der Waals surface area contributed by atoms with Crippen molar-refractivity contribution < 1.29 is 14.1 Å². The third kappa shape index (κ3) is 3.81. The van der Waals surface area contributed by atoms with E-state index in [0.29, 0.717) is 11.2 Å². The van der Waals surface area contributed by atoms with Crippen molar-refractivity contribution in [3.63, 3.8) is 0 Å². The molecule has 1 aromatic heterocycles. The van der Waals surface area contributed by atoms with E-state index in [1.165, 1.54) is 24.4 Å². The van der Waals surface area contributed by atoms with E-state index < -0.39 is 22.3 Å². The van der Waals surface area contributed by atoms with Gasteiger partial charge in [-0.25, -0.2) is 4.98 Å². The molecule has 0 aliphatic heterocycles. The van der Waals surface area contributed by atoms with Crippen LogP contribution in [-0.4, -0.2) is 20.8 Å². The van der Waals surface area contributed by atoms with Crippen LogP contribution in [0.2, 0.25) is 0 Å². The molecule has 0 unspecified atom stereocenters. The minimum absolute atomic E-state index is 0.118. The molecule has 124 valence electrons. The number of hydrogen-bond acceptors (Lipinski definition) is 5. The Hall–Kier alpha value is -3.68. The fraction of sp³-hybridized carbons (Fsp3) is 0. The van der Waals surface area contributed by atoms with Crippen LogP contribution in [0.15, 0.2) is 54.7 Å². The number of halogens is 1. The normalized spacial score (nSPS) is 10.9. The number of nitro benzene ring substituents is 1. The standard InChI is InChI=1S/C17H11FN4O3/c18-13-7-5-11(9-16(13)22(24)25)21-17(23)8-6-12-10-19-14-3-1-2-4-15(14)20-12/h1-10H,(H,21,23)/b8-6+. The molecule has 0 aliphatic rings. The van der Waals surface area contributed by atoms with Gasteiger partial charge in [-0.1, -0.05) is 12.1 Å². The average molecular weight is 338 g/mol. The van der Waals surface area contributed by atoms with E-state index >= 15 is 0 Å². The molecule has 0 saturated heterocycles. The quantitative estimate of drug-likeness (QED) is 0.447. The van der Waals surface area contributed by atoms with E-state index in [4.69, 9.17) is 0 Å². The van der Waals surface area contributed by atoms with Crippen LogP contribution in [0.1, 0.15) is 5.69 Å². The highest BCUT2D eigenvalue weighted by molar-refractivity contribution is 6.02. The number of aromatic nitrogens is 2. The number of amides is 1. The largest absolute Gasteiger partial charge is 0.322 e. The van der Waals surface area contributed by atoms with Crippen molar-refractivity contribution in [1.29, 1.82) is 0 Å². The molecule has 7 nitrogen and oxygen atoms in total. The van der Waals surface area contributed by atoms with E-state index in [1.54, 1.807) is 6.07 Å². The number of fused-ring (bicyclic) bond motifs is 1. The molecule has 0 radical (unpaired) electrons. The predicted octanol–water partition coefficient (Wildman–Crippen LogP) is 3.33. The molecular formula is C17H11FN4O3. The third-order valence-corrected chi connectivity index (χ3v) is 3.28. The summed E-state index contributed by atoms with van der Waals surface area (Å²) in [6.45, 7) is 0. The van der Waals surface area contributed by atoms with Gasteiger partial charge in [0.1, 0.15) is 0 Å². The maximum absolute atomic E-state index is 13.3. The number of nitro groups is 1. The molecule has 0 bridgehead atoms. The lowest BCUT2D eigenvalue weighted by Crippen LogP contribution is -2.08. The van der Waals surface area contributed by atoms with E-state index in [2.05, 4.69) is 15.3 Å². The summed E-state index contributed by atoms with van der Waals surface area (Å²) in [4.78, 5) is 30.3. The first-order chi connectivity index (χ1) is 12.0. The zero-order valence-corrected chi connectivity index (χ0v) is 12.7. The van der Waals surface area contributed by atoms with Gasteiger partial charge in [0.25, 0.3) is 0 Å². The zero-order valence-electron chi connectivity index (χ0n) is 12.7. The Morgan fingerprint density at radius 2 is 1.96 bits per heavy atom. The van der Waals surface area contributed by atoms with E-state index in [0.717, 1.165) is 17.6 Å². The first kappa shape index (κ1) is 16.2. The molecule has 3 aromatic rings. The lowest BCUT2D eigenvalue weighted by molar-refractivity contribution is -0.387. The predicted molar refractivity (Wildman–Crippen MR) is 90.3 cm³/mol. The molecule has 1 amide bonds. The lowest BCUT2D eigenvalue weighted by Gasteiger charge is -2.02. The van der Waals surface area contributed by atoms with Crippen molar-refractivity contribution in [3.05, 3.63) is 76.4 Å². The van der Waals surface area contributed by atoms with Crippen LogP contribution in [0, 0.1) is 15.9 Å². The number of carbonyl (C=O) groups excluding carboxylic acids is 1. The molecule has 1 heterocycles. The number of nitrogens with zero attached hydrogens (tertiary/aromatic N) is 3.